The van der Waals surface area contributed by atoms with Crippen LogP contribution in [0.25, 0.3) is 0 Å². The minimum atomic E-state index is -3.11. The molecule has 15 heavy (non-hydrogen) atoms. The quantitative estimate of drug-likeness (QED) is 0.844. The summed E-state index contributed by atoms with van der Waals surface area (Å²) in [4.78, 5) is 10.6. The summed E-state index contributed by atoms with van der Waals surface area (Å²) in [5.74, 6) is -2.20. The number of amides is 1. The summed E-state index contributed by atoms with van der Waals surface area (Å²) in [7, 11) is 1.23. The highest BCUT2D eigenvalue weighted by Crippen LogP contribution is 2.21. The van der Waals surface area contributed by atoms with Crippen LogP contribution in [0.1, 0.15) is 0 Å². The number of hydrogen-bond donors (Lipinski definition) is 1. The van der Waals surface area contributed by atoms with Crippen LogP contribution >= 0.6 is 0 Å². The molecule has 0 spiro atoms. The Kier molecular flexibility index (Phi) is 3.54. The molecule has 0 heterocycles. The highest BCUT2D eigenvalue weighted by atomic mass is 19.3. The summed E-state index contributed by atoms with van der Waals surface area (Å²) in [5.41, 5.74) is 0.0542. The van der Waals surface area contributed by atoms with Crippen molar-refractivity contribution < 1.29 is 22.7 Å². The van der Waals surface area contributed by atoms with E-state index in [2.05, 4.69) is 4.74 Å². The van der Waals surface area contributed by atoms with Crippen LogP contribution in [0.15, 0.2) is 18.2 Å². The fourth-order valence-corrected chi connectivity index (χ4v) is 0.934. The van der Waals surface area contributed by atoms with Gasteiger partial charge in [-0.2, -0.15) is 8.78 Å². The highest BCUT2D eigenvalue weighted by molar-refractivity contribution is 5.93. The lowest BCUT2D eigenvalue weighted by Crippen LogP contribution is -2.20. The summed E-state index contributed by atoms with van der Waals surface area (Å²) in [6.45, 7) is 0. The van der Waals surface area contributed by atoms with E-state index in [0.717, 1.165) is 18.2 Å². The Morgan fingerprint density at radius 2 is 2.13 bits per heavy atom. The third-order valence-corrected chi connectivity index (χ3v) is 1.62. The van der Waals surface area contributed by atoms with Gasteiger partial charge in [-0.25, -0.2) is 4.39 Å². The number of carbonyl (C=O) groups excluding carboxylic acids is 1. The lowest BCUT2D eigenvalue weighted by atomic mass is 10.3. The number of nitrogens with one attached hydrogen (secondary N) is 1. The fraction of sp³-hybridized carbons (Fsp3) is 0.222. The van der Waals surface area contributed by atoms with Crippen LogP contribution in [0, 0.1) is 5.82 Å². The second kappa shape index (κ2) is 4.68. The molecule has 82 valence electrons. The molecule has 0 aliphatic carbocycles. The number of benzene rings is 1. The normalized spacial score (nSPS) is 10.2. The number of halogens is 3. The van der Waals surface area contributed by atoms with Crippen LogP contribution in [0.5, 0.6) is 5.75 Å². The maximum Gasteiger partial charge on any atom is 0.315 e. The smallest absolute Gasteiger partial charge is 0.315 e. The molecule has 0 unspecified atom stereocenters. The second-order valence-electron chi connectivity index (χ2n) is 2.64. The average Bonchev–Trinajstić information content (AvgIpc) is 2.20. The molecule has 0 aliphatic rings. The molecule has 1 aromatic carbocycles. The molecule has 0 saturated heterocycles. The molecule has 0 aliphatic heterocycles. The number of methoxy groups -OCH3 is 1. The molecule has 1 rings (SSSR count). The molecule has 6 heteroatoms. The molecule has 0 radical (unpaired) electrons. The molecule has 1 N–H and O–H groups in total. The monoisotopic (exact) mass is 219 g/mol. The van der Waals surface area contributed by atoms with Gasteiger partial charge in [-0.3, -0.25) is 4.79 Å². The van der Waals surface area contributed by atoms with E-state index < -0.39 is 18.1 Å². The summed E-state index contributed by atoms with van der Waals surface area (Å²) in [5, 5.41) is 1.91. The van der Waals surface area contributed by atoms with Crippen molar-refractivity contribution in [1.82, 2.24) is 0 Å². The first-order valence-electron chi connectivity index (χ1n) is 3.97. The van der Waals surface area contributed by atoms with Gasteiger partial charge < -0.3 is 10.1 Å². The van der Waals surface area contributed by atoms with Gasteiger partial charge in [0, 0.05) is 11.8 Å². The SMILES string of the molecule is COc1cc(NC(=O)C(F)F)ccc1F. The maximum atomic E-state index is 12.9. The van der Waals surface area contributed by atoms with E-state index in [9.17, 15) is 18.0 Å². The topological polar surface area (TPSA) is 38.3 Å². The van der Waals surface area contributed by atoms with Crippen molar-refractivity contribution in [1.29, 1.82) is 0 Å². The maximum absolute atomic E-state index is 12.9. The van der Waals surface area contributed by atoms with Crippen LogP contribution in [0.4, 0.5) is 18.9 Å². The summed E-state index contributed by atoms with van der Waals surface area (Å²) in [6, 6.07) is 3.30. The molecule has 0 bridgehead atoms. The first-order valence-corrected chi connectivity index (χ1v) is 3.97. The van der Waals surface area contributed by atoms with E-state index in [1.165, 1.54) is 7.11 Å². The molecular formula is C9H8F3NO2. The van der Waals surface area contributed by atoms with E-state index >= 15 is 0 Å². The van der Waals surface area contributed by atoms with Gasteiger partial charge in [-0.05, 0) is 12.1 Å². The van der Waals surface area contributed by atoms with Crippen LogP contribution in [0.3, 0.4) is 0 Å². The zero-order valence-corrected chi connectivity index (χ0v) is 7.76. The predicted molar refractivity (Wildman–Crippen MR) is 47.6 cm³/mol. The van der Waals surface area contributed by atoms with Gasteiger partial charge in [0.05, 0.1) is 7.11 Å². The van der Waals surface area contributed by atoms with Gasteiger partial charge in [-0.1, -0.05) is 0 Å². The van der Waals surface area contributed by atoms with Gasteiger partial charge in [-0.15, -0.1) is 0 Å². The Bertz CT molecular complexity index is 368. The number of anilines is 1. The van der Waals surface area contributed by atoms with Crippen molar-refractivity contribution in [2.24, 2.45) is 0 Å². The van der Waals surface area contributed by atoms with Crippen molar-refractivity contribution in [2.45, 2.75) is 6.43 Å². The first kappa shape index (κ1) is 11.4. The average molecular weight is 219 g/mol. The Labute approximate surface area is 83.8 Å². The fourth-order valence-electron chi connectivity index (χ4n) is 0.934. The van der Waals surface area contributed by atoms with Gasteiger partial charge >= 0.3 is 6.43 Å². The number of alkyl halides is 2. The largest absolute Gasteiger partial charge is 0.494 e. The van der Waals surface area contributed by atoms with Gasteiger partial charge in [0.1, 0.15) is 0 Å². The zero-order valence-electron chi connectivity index (χ0n) is 7.76. The van der Waals surface area contributed by atoms with Crippen molar-refractivity contribution in [3.8, 4) is 5.75 Å². The molecule has 0 fully saturated rings. The van der Waals surface area contributed by atoms with Crippen molar-refractivity contribution in [3.05, 3.63) is 24.0 Å². The van der Waals surface area contributed by atoms with Crippen molar-refractivity contribution >= 4 is 11.6 Å². The van der Waals surface area contributed by atoms with Crippen molar-refractivity contribution in [2.75, 3.05) is 12.4 Å². The third kappa shape index (κ3) is 2.87. The zero-order chi connectivity index (χ0) is 11.4. The van der Waals surface area contributed by atoms with Crippen LogP contribution in [-0.4, -0.2) is 19.4 Å². The summed E-state index contributed by atoms with van der Waals surface area (Å²) < 4.78 is 41.2. The van der Waals surface area contributed by atoms with Gasteiger partial charge in [0.25, 0.3) is 5.91 Å². The Balaban J connectivity index is 2.83. The van der Waals surface area contributed by atoms with Crippen LogP contribution in [-0.2, 0) is 4.79 Å². The Hall–Kier alpha value is -1.72. The van der Waals surface area contributed by atoms with Crippen LogP contribution in [0.2, 0.25) is 0 Å². The molecule has 0 saturated carbocycles. The molecule has 0 aromatic heterocycles. The predicted octanol–water partition coefficient (Wildman–Crippen LogP) is 2.04. The lowest BCUT2D eigenvalue weighted by molar-refractivity contribution is -0.126. The van der Waals surface area contributed by atoms with Gasteiger partial charge in [0.2, 0.25) is 0 Å². The first-order chi connectivity index (χ1) is 7.04. The third-order valence-electron chi connectivity index (χ3n) is 1.62. The lowest BCUT2D eigenvalue weighted by Gasteiger charge is -2.06. The molecular weight excluding hydrogens is 211 g/mol. The number of ether oxygens (including phenoxy) is 1. The minimum absolute atomic E-state index is 0.0542. The summed E-state index contributed by atoms with van der Waals surface area (Å²) in [6.07, 6.45) is -3.11. The number of hydrogen-bond acceptors (Lipinski definition) is 2. The standard InChI is InChI=1S/C9H8F3NO2/c1-15-7-4-5(2-3-6(7)10)13-9(14)8(11)12/h2-4,8H,1H3,(H,13,14). The highest BCUT2D eigenvalue weighted by Gasteiger charge is 2.15. The van der Waals surface area contributed by atoms with Crippen LogP contribution < -0.4 is 10.1 Å². The van der Waals surface area contributed by atoms with E-state index in [0.29, 0.717) is 0 Å². The number of rotatable bonds is 3. The molecule has 0 atom stereocenters. The van der Waals surface area contributed by atoms with Crippen molar-refractivity contribution in [3.63, 3.8) is 0 Å². The van der Waals surface area contributed by atoms with E-state index in [-0.39, 0.29) is 11.4 Å². The Morgan fingerprint density at radius 3 is 2.67 bits per heavy atom. The van der Waals surface area contributed by atoms with Gasteiger partial charge in [0.15, 0.2) is 11.6 Å². The summed E-state index contributed by atoms with van der Waals surface area (Å²) >= 11 is 0. The minimum Gasteiger partial charge on any atom is -0.494 e. The molecule has 1 amide bonds. The number of carbonyl (C=O) groups is 1. The second-order valence-corrected chi connectivity index (χ2v) is 2.64. The molecule has 3 nitrogen and oxygen atoms in total. The van der Waals surface area contributed by atoms with E-state index in [1.54, 1.807) is 0 Å². The van der Waals surface area contributed by atoms with E-state index in [4.69, 9.17) is 0 Å². The molecule has 1 aromatic rings. The Morgan fingerprint density at radius 1 is 1.47 bits per heavy atom. The van der Waals surface area contributed by atoms with E-state index in [1.807, 2.05) is 5.32 Å².